The number of esters is 1. The minimum absolute atomic E-state index is 0.0765. The number of halogens is 1. The molecule has 8 heteroatoms. The molecule has 1 heterocycles. The van der Waals surface area contributed by atoms with Crippen LogP contribution in [0.1, 0.15) is 44.2 Å². The minimum atomic E-state index is -0.539. The van der Waals surface area contributed by atoms with Gasteiger partial charge in [-0.05, 0) is 49.6 Å². The van der Waals surface area contributed by atoms with Gasteiger partial charge in [0.2, 0.25) is 0 Å². The smallest absolute Gasteiger partial charge is 0.342 e. The van der Waals surface area contributed by atoms with Crippen molar-refractivity contribution in [1.29, 1.82) is 0 Å². The number of benzene rings is 2. The third-order valence-corrected chi connectivity index (χ3v) is 6.61. The van der Waals surface area contributed by atoms with Crippen LogP contribution in [0.2, 0.25) is 5.02 Å². The molecule has 0 bridgehead atoms. The molecule has 3 aromatic rings. The number of aryl methyl sites for hydroxylation is 1. The number of hydrogen-bond donors (Lipinski definition) is 1. The summed E-state index contributed by atoms with van der Waals surface area (Å²) in [7, 11) is 0. The number of ether oxygens (including phenoxy) is 2. The van der Waals surface area contributed by atoms with Gasteiger partial charge in [-0.25, -0.2) is 4.79 Å². The first kappa shape index (κ1) is 25.0. The normalized spacial score (nSPS) is 11.0. The van der Waals surface area contributed by atoms with E-state index in [2.05, 4.69) is 6.92 Å². The Morgan fingerprint density at radius 2 is 2.00 bits per heavy atom. The second-order valence-corrected chi connectivity index (χ2v) is 9.08. The van der Waals surface area contributed by atoms with Crippen molar-refractivity contribution in [3.63, 3.8) is 0 Å². The Bertz CT molecular complexity index is 1200. The van der Waals surface area contributed by atoms with Gasteiger partial charge in [-0.1, -0.05) is 31.9 Å². The number of fused-ring (bicyclic) bond motifs is 1. The molecule has 0 fully saturated rings. The molecule has 0 saturated carbocycles. The van der Waals surface area contributed by atoms with Crippen LogP contribution in [0.15, 0.2) is 44.4 Å². The van der Waals surface area contributed by atoms with E-state index in [0.29, 0.717) is 40.5 Å². The molecule has 0 aliphatic carbocycles. The van der Waals surface area contributed by atoms with E-state index in [1.54, 1.807) is 43.0 Å². The molecule has 176 valence electrons. The third-order valence-electron chi connectivity index (χ3n) is 5.03. The van der Waals surface area contributed by atoms with Crippen LogP contribution in [-0.4, -0.2) is 23.4 Å². The number of carbonyl (C=O) groups is 1. The van der Waals surface area contributed by atoms with Gasteiger partial charge in [0, 0.05) is 23.1 Å². The highest BCUT2D eigenvalue weighted by molar-refractivity contribution is 7.99. The van der Waals surface area contributed by atoms with Crippen molar-refractivity contribution in [1.82, 2.24) is 0 Å². The Morgan fingerprint density at radius 3 is 2.70 bits per heavy atom. The van der Waals surface area contributed by atoms with Crippen molar-refractivity contribution in [3.8, 4) is 17.2 Å². The van der Waals surface area contributed by atoms with Gasteiger partial charge >= 0.3 is 11.6 Å². The van der Waals surface area contributed by atoms with Crippen LogP contribution in [0.3, 0.4) is 0 Å². The number of rotatable bonds is 10. The Hall–Kier alpha value is -2.64. The first-order valence-corrected chi connectivity index (χ1v) is 12.3. The van der Waals surface area contributed by atoms with E-state index in [0.717, 1.165) is 35.5 Å². The Morgan fingerprint density at radius 1 is 1.21 bits per heavy atom. The molecule has 6 nitrogen and oxygen atoms in total. The lowest BCUT2D eigenvalue weighted by Gasteiger charge is -2.13. The molecule has 1 N–H and O–H groups in total. The summed E-state index contributed by atoms with van der Waals surface area (Å²) in [6.07, 6.45) is 2.75. The molecule has 0 aliphatic heterocycles. The summed E-state index contributed by atoms with van der Waals surface area (Å²) in [6, 6.07) is 8.74. The highest BCUT2D eigenvalue weighted by Gasteiger charge is 2.15. The van der Waals surface area contributed by atoms with E-state index in [4.69, 9.17) is 25.5 Å². The summed E-state index contributed by atoms with van der Waals surface area (Å²) in [4.78, 5) is 24.2. The van der Waals surface area contributed by atoms with Gasteiger partial charge in [-0.15, -0.1) is 11.8 Å². The van der Waals surface area contributed by atoms with Gasteiger partial charge in [0.25, 0.3) is 0 Å². The summed E-state index contributed by atoms with van der Waals surface area (Å²) in [5, 5.41) is 11.4. The van der Waals surface area contributed by atoms with Crippen LogP contribution in [0.5, 0.6) is 17.2 Å². The highest BCUT2D eigenvalue weighted by atomic mass is 35.5. The molecule has 0 atom stereocenters. The summed E-state index contributed by atoms with van der Waals surface area (Å²) in [5.74, 6) is 1.52. The first-order chi connectivity index (χ1) is 15.8. The van der Waals surface area contributed by atoms with E-state index in [1.807, 2.05) is 6.07 Å². The predicted molar refractivity (Wildman–Crippen MR) is 131 cm³/mol. The molecule has 0 spiro atoms. The van der Waals surface area contributed by atoms with Gasteiger partial charge in [-0.3, -0.25) is 4.79 Å². The van der Waals surface area contributed by atoms with Crippen LogP contribution in [0.4, 0.5) is 0 Å². The SMILES string of the molecule is CCCc1cc2oc(=O)c(C)c(O)c2cc1OCCCSc1ccc(OC(=O)CC)cc1Cl. The zero-order valence-corrected chi connectivity index (χ0v) is 20.5. The van der Waals surface area contributed by atoms with Crippen molar-refractivity contribution in [3.05, 3.63) is 56.9 Å². The Balaban J connectivity index is 1.62. The lowest BCUT2D eigenvalue weighted by atomic mass is 10.0. The second kappa shape index (κ2) is 11.5. The summed E-state index contributed by atoms with van der Waals surface area (Å²) >= 11 is 7.91. The molecule has 0 aliphatic rings. The number of aromatic hydroxyl groups is 1. The average Bonchev–Trinajstić information content (AvgIpc) is 2.79. The molecule has 1 aromatic heterocycles. The molecular formula is C25H27ClO6S. The maximum Gasteiger partial charge on any atom is 0.342 e. The van der Waals surface area contributed by atoms with Gasteiger partial charge in [-0.2, -0.15) is 0 Å². The quantitative estimate of drug-likeness (QED) is 0.117. The summed E-state index contributed by atoms with van der Waals surface area (Å²) in [6.45, 7) is 5.81. The number of hydrogen-bond acceptors (Lipinski definition) is 7. The molecular weight excluding hydrogens is 464 g/mol. The first-order valence-electron chi connectivity index (χ1n) is 10.9. The molecule has 0 amide bonds. The van der Waals surface area contributed by atoms with Crippen LogP contribution in [-0.2, 0) is 11.2 Å². The fourth-order valence-electron chi connectivity index (χ4n) is 3.23. The molecule has 2 aromatic carbocycles. The molecule has 0 radical (unpaired) electrons. The average molecular weight is 491 g/mol. The molecule has 3 rings (SSSR count). The molecule has 33 heavy (non-hydrogen) atoms. The molecule has 0 saturated heterocycles. The van der Waals surface area contributed by atoms with Gasteiger partial charge in [0.1, 0.15) is 22.8 Å². The van der Waals surface area contributed by atoms with Crippen molar-refractivity contribution in [2.75, 3.05) is 12.4 Å². The topological polar surface area (TPSA) is 86.0 Å². The fourth-order valence-corrected chi connectivity index (χ4v) is 4.41. The maximum absolute atomic E-state index is 11.9. The van der Waals surface area contributed by atoms with Crippen molar-refractivity contribution in [2.24, 2.45) is 0 Å². The van der Waals surface area contributed by atoms with E-state index in [9.17, 15) is 14.7 Å². The van der Waals surface area contributed by atoms with Crippen molar-refractivity contribution < 1.29 is 23.8 Å². The monoisotopic (exact) mass is 490 g/mol. The zero-order chi connectivity index (χ0) is 24.0. The van der Waals surface area contributed by atoms with E-state index in [-0.39, 0.29) is 17.3 Å². The lowest BCUT2D eigenvalue weighted by Crippen LogP contribution is -2.05. The van der Waals surface area contributed by atoms with Crippen LogP contribution in [0.25, 0.3) is 11.0 Å². The van der Waals surface area contributed by atoms with Crippen LogP contribution >= 0.6 is 23.4 Å². The van der Waals surface area contributed by atoms with Crippen molar-refractivity contribution in [2.45, 2.75) is 51.3 Å². The Kier molecular flexibility index (Phi) is 8.69. The van der Waals surface area contributed by atoms with Crippen LogP contribution in [0, 0.1) is 6.92 Å². The van der Waals surface area contributed by atoms with Gasteiger partial charge in [0.05, 0.1) is 22.6 Å². The van der Waals surface area contributed by atoms with E-state index in [1.165, 1.54) is 6.92 Å². The third kappa shape index (κ3) is 6.24. The maximum atomic E-state index is 11.9. The predicted octanol–water partition coefficient (Wildman–Crippen LogP) is 6.29. The largest absolute Gasteiger partial charge is 0.507 e. The number of thioether (sulfide) groups is 1. The van der Waals surface area contributed by atoms with Crippen molar-refractivity contribution >= 4 is 40.3 Å². The molecule has 0 unspecified atom stereocenters. The Labute approximate surface area is 201 Å². The number of carbonyl (C=O) groups excluding carboxylic acids is 1. The van der Waals surface area contributed by atoms with Crippen LogP contribution < -0.4 is 15.1 Å². The standard InChI is InChI=1S/C25H27ClO6S/c1-4-7-16-12-21-18(24(28)15(3)25(29)32-21)14-20(16)30-10-6-11-33-22-9-8-17(13-19(22)26)31-23(27)5-2/h8-9,12-14,28H,4-7,10-11H2,1-3H3. The summed E-state index contributed by atoms with van der Waals surface area (Å²) in [5.41, 5.74) is 0.935. The second-order valence-electron chi connectivity index (χ2n) is 7.54. The van der Waals surface area contributed by atoms with E-state index >= 15 is 0 Å². The zero-order valence-electron chi connectivity index (χ0n) is 18.9. The minimum Gasteiger partial charge on any atom is -0.507 e. The van der Waals surface area contributed by atoms with E-state index < -0.39 is 5.63 Å². The highest BCUT2D eigenvalue weighted by Crippen LogP contribution is 2.34. The van der Waals surface area contributed by atoms with Gasteiger partial charge < -0.3 is 19.0 Å². The van der Waals surface area contributed by atoms with Gasteiger partial charge in [0.15, 0.2) is 0 Å². The lowest BCUT2D eigenvalue weighted by molar-refractivity contribution is -0.134. The fraction of sp³-hybridized carbons (Fsp3) is 0.360. The summed E-state index contributed by atoms with van der Waals surface area (Å²) < 4.78 is 16.6.